The first-order valence-electron chi connectivity index (χ1n) is 5.36. The molecule has 1 heterocycles. The van der Waals surface area contributed by atoms with Gasteiger partial charge in [0.05, 0.1) is 7.11 Å². The molecule has 1 unspecified atom stereocenters. The lowest BCUT2D eigenvalue weighted by Crippen LogP contribution is -2.19. The van der Waals surface area contributed by atoms with E-state index < -0.39 is 0 Å². The second-order valence-electron chi connectivity index (χ2n) is 4.22. The number of hydrogen-bond donors (Lipinski definition) is 1. The number of methoxy groups -OCH3 is 1. The minimum atomic E-state index is 0.122. The summed E-state index contributed by atoms with van der Waals surface area (Å²) in [6.45, 7) is 1.98. The third-order valence-corrected chi connectivity index (χ3v) is 2.46. The Labute approximate surface area is 89.9 Å². The van der Waals surface area contributed by atoms with Crippen LogP contribution < -0.4 is 10.5 Å². The van der Waals surface area contributed by atoms with Gasteiger partial charge in [0.2, 0.25) is 5.88 Å². The summed E-state index contributed by atoms with van der Waals surface area (Å²) < 4.78 is 5.16. The second-order valence-corrected chi connectivity index (χ2v) is 4.22. The Morgan fingerprint density at radius 1 is 1.53 bits per heavy atom. The highest BCUT2D eigenvalue weighted by Gasteiger charge is 2.27. The predicted molar refractivity (Wildman–Crippen MR) is 57.9 cm³/mol. The van der Waals surface area contributed by atoms with Crippen molar-refractivity contribution in [2.45, 2.75) is 38.1 Å². The van der Waals surface area contributed by atoms with Crippen LogP contribution in [0.15, 0.2) is 6.07 Å². The molecule has 1 fully saturated rings. The highest BCUT2D eigenvalue weighted by molar-refractivity contribution is 5.20. The van der Waals surface area contributed by atoms with Gasteiger partial charge in [-0.1, -0.05) is 0 Å². The Hall–Kier alpha value is -1.16. The van der Waals surface area contributed by atoms with Crippen LogP contribution in [0.4, 0.5) is 0 Å². The van der Waals surface area contributed by atoms with E-state index in [4.69, 9.17) is 10.5 Å². The van der Waals surface area contributed by atoms with Gasteiger partial charge in [-0.25, -0.2) is 4.98 Å². The Kier molecular flexibility index (Phi) is 2.86. The molecule has 4 heteroatoms. The van der Waals surface area contributed by atoms with Crippen LogP contribution in [0, 0.1) is 0 Å². The number of aromatic nitrogens is 2. The van der Waals surface area contributed by atoms with Crippen molar-refractivity contribution in [1.29, 1.82) is 0 Å². The monoisotopic (exact) mass is 207 g/mol. The summed E-state index contributed by atoms with van der Waals surface area (Å²) in [5.74, 6) is 2.12. The normalized spacial score (nSPS) is 17.5. The van der Waals surface area contributed by atoms with Gasteiger partial charge in [0, 0.05) is 30.1 Å². The zero-order chi connectivity index (χ0) is 10.8. The summed E-state index contributed by atoms with van der Waals surface area (Å²) in [5, 5.41) is 0. The lowest BCUT2D eigenvalue weighted by molar-refractivity contribution is 0.393. The first-order chi connectivity index (χ1) is 7.19. The third-order valence-electron chi connectivity index (χ3n) is 2.46. The molecule has 0 aromatic carbocycles. The molecule has 15 heavy (non-hydrogen) atoms. The van der Waals surface area contributed by atoms with Crippen molar-refractivity contribution in [2.24, 2.45) is 5.73 Å². The standard InChI is InChI=1S/C11H17N3O/c1-7(12)5-9-6-10(15-2)14-11(13-9)8-3-4-8/h6-8H,3-5,12H2,1-2H3. The summed E-state index contributed by atoms with van der Waals surface area (Å²) in [4.78, 5) is 8.86. The van der Waals surface area contributed by atoms with Crippen molar-refractivity contribution in [2.75, 3.05) is 7.11 Å². The van der Waals surface area contributed by atoms with E-state index in [-0.39, 0.29) is 6.04 Å². The van der Waals surface area contributed by atoms with E-state index >= 15 is 0 Å². The molecule has 2 N–H and O–H groups in total. The first-order valence-corrected chi connectivity index (χ1v) is 5.36. The van der Waals surface area contributed by atoms with Crippen LogP contribution >= 0.6 is 0 Å². The SMILES string of the molecule is COc1cc(CC(C)N)nc(C2CC2)n1. The largest absolute Gasteiger partial charge is 0.481 e. The maximum atomic E-state index is 5.76. The van der Waals surface area contributed by atoms with Crippen molar-refractivity contribution < 1.29 is 4.74 Å². The molecule has 82 valence electrons. The number of nitrogens with two attached hydrogens (primary N) is 1. The topological polar surface area (TPSA) is 61.0 Å². The zero-order valence-electron chi connectivity index (χ0n) is 9.23. The molecule has 1 atom stereocenters. The van der Waals surface area contributed by atoms with Gasteiger partial charge in [-0.15, -0.1) is 0 Å². The van der Waals surface area contributed by atoms with Crippen LogP contribution in [-0.4, -0.2) is 23.1 Å². The van der Waals surface area contributed by atoms with Gasteiger partial charge in [-0.05, 0) is 19.8 Å². The molecule has 1 aliphatic carbocycles. The van der Waals surface area contributed by atoms with Crippen molar-refractivity contribution in [1.82, 2.24) is 9.97 Å². The number of ether oxygens (including phenoxy) is 1. The highest BCUT2D eigenvalue weighted by Crippen LogP contribution is 2.38. The molecular weight excluding hydrogens is 190 g/mol. The number of nitrogens with zero attached hydrogens (tertiary/aromatic N) is 2. The van der Waals surface area contributed by atoms with Crippen molar-refractivity contribution >= 4 is 0 Å². The van der Waals surface area contributed by atoms with Crippen molar-refractivity contribution in [3.8, 4) is 5.88 Å². The molecule has 0 spiro atoms. The van der Waals surface area contributed by atoms with Crippen LogP contribution in [0.25, 0.3) is 0 Å². The number of hydrogen-bond acceptors (Lipinski definition) is 4. The zero-order valence-corrected chi connectivity index (χ0v) is 9.23. The van der Waals surface area contributed by atoms with Gasteiger partial charge in [-0.3, -0.25) is 0 Å². The van der Waals surface area contributed by atoms with Crippen molar-refractivity contribution in [3.05, 3.63) is 17.6 Å². The molecule has 0 radical (unpaired) electrons. The van der Waals surface area contributed by atoms with Gasteiger partial charge < -0.3 is 10.5 Å². The van der Waals surface area contributed by atoms with Crippen molar-refractivity contribution in [3.63, 3.8) is 0 Å². The van der Waals surface area contributed by atoms with Crippen LogP contribution in [0.2, 0.25) is 0 Å². The Balaban J connectivity index is 2.24. The molecule has 1 aliphatic rings. The fraction of sp³-hybridized carbons (Fsp3) is 0.636. The minimum Gasteiger partial charge on any atom is -0.481 e. The molecule has 0 saturated heterocycles. The highest BCUT2D eigenvalue weighted by atomic mass is 16.5. The van der Waals surface area contributed by atoms with E-state index in [2.05, 4.69) is 9.97 Å². The van der Waals surface area contributed by atoms with Crippen LogP contribution in [0.1, 0.15) is 37.2 Å². The van der Waals surface area contributed by atoms with E-state index in [0.29, 0.717) is 11.8 Å². The average Bonchev–Trinajstić information content (AvgIpc) is 2.99. The first kappa shape index (κ1) is 10.4. The lowest BCUT2D eigenvalue weighted by Gasteiger charge is -2.08. The smallest absolute Gasteiger partial charge is 0.216 e. The molecule has 2 rings (SSSR count). The Morgan fingerprint density at radius 2 is 2.27 bits per heavy atom. The van der Waals surface area contributed by atoms with Gasteiger partial charge in [0.15, 0.2) is 0 Å². The van der Waals surface area contributed by atoms with Crippen LogP contribution in [-0.2, 0) is 6.42 Å². The maximum absolute atomic E-state index is 5.76. The predicted octanol–water partition coefficient (Wildman–Crippen LogP) is 1.25. The molecule has 1 aromatic heterocycles. The van der Waals surface area contributed by atoms with Gasteiger partial charge in [-0.2, -0.15) is 4.98 Å². The lowest BCUT2D eigenvalue weighted by atomic mass is 10.2. The molecule has 1 aromatic rings. The Morgan fingerprint density at radius 3 is 2.80 bits per heavy atom. The molecular formula is C11H17N3O. The summed E-state index contributed by atoms with van der Waals surface area (Å²) in [7, 11) is 1.63. The summed E-state index contributed by atoms with van der Waals surface area (Å²) in [5.41, 5.74) is 6.74. The fourth-order valence-electron chi connectivity index (χ4n) is 1.56. The van der Waals surface area contributed by atoms with E-state index in [9.17, 15) is 0 Å². The minimum absolute atomic E-state index is 0.122. The molecule has 4 nitrogen and oxygen atoms in total. The summed E-state index contributed by atoms with van der Waals surface area (Å²) >= 11 is 0. The third kappa shape index (κ3) is 2.65. The second kappa shape index (κ2) is 4.14. The van der Waals surface area contributed by atoms with E-state index in [1.165, 1.54) is 12.8 Å². The van der Waals surface area contributed by atoms with E-state index in [1.54, 1.807) is 7.11 Å². The summed E-state index contributed by atoms with van der Waals surface area (Å²) in [6.07, 6.45) is 3.17. The van der Waals surface area contributed by atoms with Gasteiger partial charge in [0.1, 0.15) is 5.82 Å². The maximum Gasteiger partial charge on any atom is 0.216 e. The van der Waals surface area contributed by atoms with Crippen LogP contribution in [0.5, 0.6) is 5.88 Å². The summed E-state index contributed by atoms with van der Waals surface area (Å²) in [6, 6.07) is 1.99. The average molecular weight is 207 g/mol. The molecule has 0 amide bonds. The Bertz CT molecular complexity index is 348. The number of rotatable bonds is 4. The van der Waals surface area contributed by atoms with E-state index in [1.807, 2.05) is 13.0 Å². The fourth-order valence-corrected chi connectivity index (χ4v) is 1.56. The quantitative estimate of drug-likeness (QED) is 0.807. The van der Waals surface area contributed by atoms with Crippen LogP contribution in [0.3, 0.4) is 0 Å². The molecule has 0 bridgehead atoms. The molecule has 1 saturated carbocycles. The van der Waals surface area contributed by atoms with Gasteiger partial charge in [0.25, 0.3) is 0 Å². The van der Waals surface area contributed by atoms with Gasteiger partial charge >= 0.3 is 0 Å². The molecule has 0 aliphatic heterocycles. The van der Waals surface area contributed by atoms with E-state index in [0.717, 1.165) is 17.9 Å².